The lowest BCUT2D eigenvalue weighted by atomic mass is 9.43. The minimum Gasteiger partial charge on any atom is -0.458 e. The molecule has 4 aliphatic rings. The van der Waals surface area contributed by atoms with E-state index in [2.05, 4.69) is 0 Å². The Morgan fingerprint density at radius 2 is 1.76 bits per heavy atom. The molecular formula is C30H38O8. The van der Waals surface area contributed by atoms with Gasteiger partial charge < -0.3 is 29.9 Å². The summed E-state index contributed by atoms with van der Waals surface area (Å²) in [4.78, 5) is 25.2. The molecule has 1 aromatic carbocycles. The van der Waals surface area contributed by atoms with E-state index >= 15 is 0 Å². The maximum absolute atomic E-state index is 13.1. The summed E-state index contributed by atoms with van der Waals surface area (Å²) in [5, 5.41) is 46.9. The van der Waals surface area contributed by atoms with Crippen LogP contribution in [0, 0.1) is 16.7 Å². The number of carbonyl (C=O) groups is 2. The van der Waals surface area contributed by atoms with E-state index in [0.717, 1.165) is 11.1 Å². The third-order valence-corrected chi connectivity index (χ3v) is 10.3. The van der Waals surface area contributed by atoms with E-state index in [1.165, 1.54) is 13.0 Å². The first kappa shape index (κ1) is 27.1. The van der Waals surface area contributed by atoms with Crippen molar-refractivity contribution in [1.82, 2.24) is 0 Å². The lowest BCUT2D eigenvalue weighted by molar-refractivity contribution is -0.353. The summed E-state index contributed by atoms with van der Waals surface area (Å²) in [6.07, 6.45) is 5.04. The fourth-order valence-corrected chi connectivity index (χ4v) is 8.09. The molecule has 0 heterocycles. The van der Waals surface area contributed by atoms with Gasteiger partial charge in [-0.3, -0.25) is 4.79 Å². The summed E-state index contributed by atoms with van der Waals surface area (Å²) in [5.41, 5.74) is -4.02. The van der Waals surface area contributed by atoms with E-state index in [9.17, 15) is 30.0 Å². The first-order chi connectivity index (χ1) is 17.8. The number of benzene rings is 1. The third kappa shape index (κ3) is 3.72. The molecule has 3 fully saturated rings. The van der Waals surface area contributed by atoms with Crippen molar-refractivity contribution < 1.29 is 39.5 Å². The number of aliphatic hydroxyl groups is 4. The minimum atomic E-state index is -2.16. The molecule has 8 heteroatoms. The molecule has 0 unspecified atom stereocenters. The van der Waals surface area contributed by atoms with Gasteiger partial charge in [-0.15, -0.1) is 0 Å². The van der Waals surface area contributed by atoms with Crippen molar-refractivity contribution in [2.24, 2.45) is 16.7 Å². The number of aliphatic hydroxyl groups excluding tert-OH is 1. The molecule has 0 aromatic heterocycles. The Labute approximate surface area is 223 Å². The van der Waals surface area contributed by atoms with Gasteiger partial charge in [0.15, 0.2) is 0 Å². The quantitative estimate of drug-likeness (QED) is 0.204. The van der Waals surface area contributed by atoms with Crippen LogP contribution in [-0.2, 0) is 19.1 Å². The lowest BCUT2D eigenvalue weighted by Crippen LogP contribution is -2.78. The molecule has 0 bridgehead atoms. The molecule has 0 amide bonds. The summed E-state index contributed by atoms with van der Waals surface area (Å²) in [6, 6.07) is 9.25. The monoisotopic (exact) mass is 526 g/mol. The van der Waals surface area contributed by atoms with Crippen LogP contribution in [0.3, 0.4) is 0 Å². The van der Waals surface area contributed by atoms with Crippen LogP contribution in [0.25, 0.3) is 6.08 Å². The molecule has 4 aliphatic carbocycles. The van der Waals surface area contributed by atoms with Crippen molar-refractivity contribution in [3.8, 4) is 0 Å². The predicted molar refractivity (Wildman–Crippen MR) is 138 cm³/mol. The van der Waals surface area contributed by atoms with Crippen LogP contribution in [-0.4, -0.2) is 61.6 Å². The average Bonchev–Trinajstić information content (AvgIpc) is 3.08. The molecule has 8 atom stereocenters. The zero-order chi connectivity index (χ0) is 27.6. The highest BCUT2D eigenvalue weighted by Gasteiger charge is 2.81. The van der Waals surface area contributed by atoms with Gasteiger partial charge in [0.1, 0.15) is 22.7 Å². The lowest BCUT2D eigenvalue weighted by Gasteiger charge is -2.66. The van der Waals surface area contributed by atoms with Gasteiger partial charge in [-0.2, -0.15) is 0 Å². The number of esters is 2. The van der Waals surface area contributed by atoms with Crippen molar-refractivity contribution >= 4 is 18.0 Å². The Kier molecular flexibility index (Phi) is 6.42. The molecule has 0 aliphatic heterocycles. The van der Waals surface area contributed by atoms with Crippen molar-refractivity contribution in [2.45, 2.75) is 94.9 Å². The molecule has 4 N–H and O–H groups in total. The second-order valence-electron chi connectivity index (χ2n) is 12.1. The molecule has 38 heavy (non-hydrogen) atoms. The minimum absolute atomic E-state index is 0.0456. The third-order valence-electron chi connectivity index (χ3n) is 10.3. The highest BCUT2D eigenvalue weighted by atomic mass is 16.7. The van der Waals surface area contributed by atoms with E-state index in [1.54, 1.807) is 13.0 Å². The number of ether oxygens (including phenoxy) is 2. The Bertz CT molecular complexity index is 1180. The molecule has 8 nitrogen and oxygen atoms in total. The molecule has 206 valence electrons. The van der Waals surface area contributed by atoms with E-state index in [0.29, 0.717) is 19.3 Å². The van der Waals surface area contributed by atoms with Gasteiger partial charge in [-0.1, -0.05) is 48.9 Å². The van der Waals surface area contributed by atoms with Crippen LogP contribution in [0.2, 0.25) is 0 Å². The van der Waals surface area contributed by atoms with Crippen molar-refractivity contribution in [1.29, 1.82) is 0 Å². The summed E-state index contributed by atoms with van der Waals surface area (Å²) in [5.74, 6) is -4.08. The molecule has 3 saturated carbocycles. The van der Waals surface area contributed by atoms with Crippen LogP contribution < -0.4 is 0 Å². The maximum atomic E-state index is 13.1. The Morgan fingerprint density at radius 3 is 2.45 bits per heavy atom. The van der Waals surface area contributed by atoms with Crippen LogP contribution in [0.1, 0.15) is 71.3 Å². The first-order valence-corrected chi connectivity index (χ1v) is 13.5. The fourth-order valence-electron chi connectivity index (χ4n) is 8.09. The Balaban J connectivity index is 1.57. The van der Waals surface area contributed by atoms with E-state index in [1.807, 2.05) is 43.3 Å². The van der Waals surface area contributed by atoms with Gasteiger partial charge in [0.05, 0.1) is 6.10 Å². The number of rotatable bonds is 4. The zero-order valence-corrected chi connectivity index (χ0v) is 22.2. The van der Waals surface area contributed by atoms with Gasteiger partial charge in [0.2, 0.25) is 5.79 Å². The second kappa shape index (κ2) is 9.01. The SMILES string of the molecule is CC(=O)O[C@]1(O)CC[C@@]2(O)[C@]1(C)[C@H](OC(=O)/C=C/c1ccccc1)C[C@@H]1[C@@]3(C)CC[C@H](O)CC3=CC[C@]12O. The molecule has 5 rings (SSSR count). The summed E-state index contributed by atoms with van der Waals surface area (Å²) >= 11 is 0. The largest absolute Gasteiger partial charge is 0.458 e. The van der Waals surface area contributed by atoms with Crippen molar-refractivity contribution in [2.75, 3.05) is 0 Å². The van der Waals surface area contributed by atoms with Crippen LogP contribution in [0.4, 0.5) is 0 Å². The number of hydrogen-bond donors (Lipinski definition) is 4. The maximum Gasteiger partial charge on any atom is 0.331 e. The highest BCUT2D eigenvalue weighted by Crippen LogP contribution is 2.70. The van der Waals surface area contributed by atoms with E-state index in [4.69, 9.17) is 9.47 Å². The topological polar surface area (TPSA) is 134 Å². The van der Waals surface area contributed by atoms with Crippen molar-refractivity contribution in [3.63, 3.8) is 0 Å². The number of carbonyl (C=O) groups excluding carboxylic acids is 2. The van der Waals surface area contributed by atoms with Gasteiger partial charge in [-0.25, -0.2) is 4.79 Å². The summed E-state index contributed by atoms with van der Waals surface area (Å²) < 4.78 is 11.4. The van der Waals surface area contributed by atoms with Crippen molar-refractivity contribution in [3.05, 3.63) is 53.6 Å². The molecular weight excluding hydrogens is 488 g/mol. The highest BCUT2D eigenvalue weighted by molar-refractivity contribution is 5.87. The standard InChI is InChI=1S/C30H38O8/c1-19(31)38-30(36)16-15-29(35)27(30,3)24(37-25(33)10-9-20-7-5-4-6-8-20)18-23-26(2)13-12-22(32)17-21(26)11-14-28(23,29)34/h4-11,22-24,32,34-36H,12-18H2,1-3H3/b10-9+/t22-,23+,24+,26-,27-,28-,29+,30+/m0/s1. The predicted octanol–water partition coefficient (Wildman–Crippen LogP) is 3.03. The normalized spacial score (nSPS) is 44.0. The van der Waals surface area contributed by atoms with Crippen LogP contribution in [0.15, 0.2) is 48.1 Å². The average molecular weight is 527 g/mol. The van der Waals surface area contributed by atoms with E-state index in [-0.39, 0.29) is 25.7 Å². The molecule has 0 saturated heterocycles. The Morgan fingerprint density at radius 1 is 1.05 bits per heavy atom. The Hall–Kier alpha value is -2.52. The molecule has 1 aromatic rings. The first-order valence-electron chi connectivity index (χ1n) is 13.5. The summed E-state index contributed by atoms with van der Waals surface area (Å²) in [6.45, 7) is 4.75. The van der Waals surface area contributed by atoms with Crippen LogP contribution in [0.5, 0.6) is 0 Å². The van der Waals surface area contributed by atoms with Gasteiger partial charge in [0, 0.05) is 25.3 Å². The summed E-state index contributed by atoms with van der Waals surface area (Å²) in [7, 11) is 0. The fraction of sp³-hybridized carbons (Fsp3) is 0.600. The van der Waals surface area contributed by atoms with Crippen LogP contribution >= 0.6 is 0 Å². The van der Waals surface area contributed by atoms with Gasteiger partial charge in [0.25, 0.3) is 0 Å². The second-order valence-corrected chi connectivity index (χ2v) is 12.1. The van der Waals surface area contributed by atoms with Gasteiger partial charge in [-0.05, 0) is 62.5 Å². The molecule has 0 radical (unpaired) electrons. The zero-order valence-electron chi connectivity index (χ0n) is 22.2. The molecule has 0 spiro atoms. The smallest absolute Gasteiger partial charge is 0.331 e. The number of fused-ring (bicyclic) bond motifs is 5. The van der Waals surface area contributed by atoms with E-state index < -0.39 is 57.9 Å². The number of hydrogen-bond acceptors (Lipinski definition) is 8. The van der Waals surface area contributed by atoms with Gasteiger partial charge >= 0.3 is 11.9 Å².